The van der Waals surface area contributed by atoms with Crippen LogP contribution in [0.25, 0.3) is 0 Å². The summed E-state index contributed by atoms with van der Waals surface area (Å²) in [5, 5.41) is 0.780. The van der Waals surface area contributed by atoms with Gasteiger partial charge in [-0.2, -0.15) is 0 Å². The molecule has 2 N–H and O–H groups in total. The van der Waals surface area contributed by atoms with Gasteiger partial charge in [0, 0.05) is 23.0 Å². The van der Waals surface area contributed by atoms with Crippen LogP contribution >= 0.6 is 11.8 Å². The van der Waals surface area contributed by atoms with E-state index in [0.29, 0.717) is 10.6 Å². The van der Waals surface area contributed by atoms with Gasteiger partial charge in [0.15, 0.2) is 9.84 Å². The van der Waals surface area contributed by atoms with E-state index in [4.69, 9.17) is 5.73 Å². The minimum atomic E-state index is -3.14. The van der Waals surface area contributed by atoms with E-state index in [-0.39, 0.29) is 0 Å². The van der Waals surface area contributed by atoms with Gasteiger partial charge in [-0.15, -0.1) is 0 Å². The highest BCUT2D eigenvalue weighted by Crippen LogP contribution is 2.27. The van der Waals surface area contributed by atoms with Crippen LogP contribution in [0.15, 0.2) is 57.4 Å². The zero-order valence-corrected chi connectivity index (χ0v) is 11.3. The minimum Gasteiger partial charge on any atom is -0.399 e. The first-order chi connectivity index (χ1) is 8.45. The molecule has 0 radical (unpaired) electrons. The molecule has 0 saturated heterocycles. The molecule has 94 valence electrons. The molecular weight excluding hydrogens is 268 g/mol. The number of hydrogen-bond acceptors (Lipinski definition) is 5. The average molecular weight is 280 g/mol. The van der Waals surface area contributed by atoms with Crippen LogP contribution < -0.4 is 5.73 Å². The Kier molecular flexibility index (Phi) is 3.58. The molecule has 0 atom stereocenters. The molecule has 1 aromatic carbocycles. The zero-order chi connectivity index (χ0) is 13.2. The summed E-state index contributed by atoms with van der Waals surface area (Å²) in [7, 11) is -3.14. The van der Waals surface area contributed by atoms with Crippen LogP contribution in [0.3, 0.4) is 0 Å². The topological polar surface area (TPSA) is 73.0 Å². The smallest absolute Gasteiger partial charge is 0.175 e. The number of benzene rings is 1. The van der Waals surface area contributed by atoms with Crippen LogP contribution in [-0.2, 0) is 9.84 Å². The van der Waals surface area contributed by atoms with E-state index >= 15 is 0 Å². The van der Waals surface area contributed by atoms with Gasteiger partial charge in [-0.05, 0) is 36.4 Å². The van der Waals surface area contributed by atoms with Crippen molar-refractivity contribution >= 4 is 27.3 Å². The van der Waals surface area contributed by atoms with Crippen LogP contribution in [-0.4, -0.2) is 19.7 Å². The Morgan fingerprint density at radius 2 is 1.83 bits per heavy atom. The van der Waals surface area contributed by atoms with Crippen LogP contribution in [0.5, 0.6) is 0 Å². The fraction of sp³-hybridized carbons (Fsp3) is 0.0833. The Bertz CT molecular complexity index is 652. The Labute approximate surface area is 110 Å². The van der Waals surface area contributed by atoms with Gasteiger partial charge in [0.05, 0.1) is 4.90 Å². The number of hydrogen-bond donors (Lipinski definition) is 1. The lowest BCUT2D eigenvalue weighted by atomic mass is 10.4. The van der Waals surface area contributed by atoms with Gasteiger partial charge in [-0.3, -0.25) is 0 Å². The van der Waals surface area contributed by atoms with Crippen molar-refractivity contribution in [2.24, 2.45) is 0 Å². The van der Waals surface area contributed by atoms with Crippen LogP contribution in [0.1, 0.15) is 0 Å². The number of anilines is 1. The Morgan fingerprint density at radius 3 is 2.39 bits per heavy atom. The molecule has 2 rings (SSSR count). The number of nitrogens with zero attached hydrogens (tertiary/aromatic N) is 1. The maximum absolute atomic E-state index is 11.3. The Morgan fingerprint density at radius 1 is 1.17 bits per heavy atom. The second-order valence-electron chi connectivity index (χ2n) is 3.77. The van der Waals surface area contributed by atoms with Crippen LogP contribution in [0.4, 0.5) is 5.69 Å². The third-order valence-corrected chi connectivity index (χ3v) is 4.30. The fourth-order valence-electron chi connectivity index (χ4n) is 1.36. The number of pyridine rings is 1. The summed E-state index contributed by atoms with van der Waals surface area (Å²) in [6, 6.07) is 10.2. The van der Waals surface area contributed by atoms with Gasteiger partial charge in [0.1, 0.15) is 5.03 Å². The summed E-state index contributed by atoms with van der Waals surface area (Å²) in [6.45, 7) is 0. The van der Waals surface area contributed by atoms with Crippen molar-refractivity contribution in [2.45, 2.75) is 14.8 Å². The molecule has 1 heterocycles. The highest BCUT2D eigenvalue weighted by atomic mass is 32.2. The van der Waals surface area contributed by atoms with Crippen molar-refractivity contribution in [3.05, 3.63) is 42.6 Å². The lowest BCUT2D eigenvalue weighted by molar-refractivity contribution is 0.602. The van der Waals surface area contributed by atoms with E-state index in [2.05, 4.69) is 4.98 Å². The van der Waals surface area contributed by atoms with E-state index in [0.717, 1.165) is 9.92 Å². The summed E-state index contributed by atoms with van der Waals surface area (Å²) in [4.78, 5) is 5.40. The lowest BCUT2D eigenvalue weighted by Crippen LogP contribution is -1.96. The average Bonchev–Trinajstić information content (AvgIpc) is 2.28. The second kappa shape index (κ2) is 4.99. The van der Waals surface area contributed by atoms with E-state index in [1.54, 1.807) is 42.6 Å². The standard InChI is InChI=1S/C12H12N2O2S2/c1-18(15,16)11-4-2-10(3-5-11)17-12-8-9(13)6-7-14-12/h2-8H,1H3,(H2,13,14). The maximum Gasteiger partial charge on any atom is 0.175 e. The first-order valence-electron chi connectivity index (χ1n) is 5.15. The molecule has 0 bridgehead atoms. The van der Waals surface area contributed by atoms with Gasteiger partial charge in [-0.25, -0.2) is 13.4 Å². The Hall–Kier alpha value is -1.53. The summed E-state index contributed by atoms with van der Waals surface area (Å²) >= 11 is 1.44. The molecule has 0 amide bonds. The van der Waals surface area contributed by atoms with Gasteiger partial charge in [0.25, 0.3) is 0 Å². The third-order valence-electron chi connectivity index (χ3n) is 2.23. The molecule has 0 unspecified atom stereocenters. The van der Waals surface area contributed by atoms with Crippen molar-refractivity contribution in [1.29, 1.82) is 0 Å². The molecule has 18 heavy (non-hydrogen) atoms. The van der Waals surface area contributed by atoms with Crippen molar-refractivity contribution in [3.63, 3.8) is 0 Å². The third kappa shape index (κ3) is 3.24. The molecule has 6 heteroatoms. The van der Waals surface area contributed by atoms with Gasteiger partial charge < -0.3 is 5.73 Å². The highest BCUT2D eigenvalue weighted by molar-refractivity contribution is 7.99. The molecule has 0 aliphatic heterocycles. The molecule has 1 aromatic heterocycles. The van der Waals surface area contributed by atoms with Gasteiger partial charge in [-0.1, -0.05) is 11.8 Å². The van der Waals surface area contributed by atoms with E-state index in [1.165, 1.54) is 18.0 Å². The number of aromatic nitrogens is 1. The van der Waals surface area contributed by atoms with Crippen LogP contribution in [0.2, 0.25) is 0 Å². The largest absolute Gasteiger partial charge is 0.399 e. The monoisotopic (exact) mass is 280 g/mol. The molecule has 0 aliphatic carbocycles. The van der Waals surface area contributed by atoms with E-state index in [9.17, 15) is 8.42 Å². The predicted molar refractivity (Wildman–Crippen MR) is 72.3 cm³/mol. The van der Waals surface area contributed by atoms with E-state index < -0.39 is 9.84 Å². The summed E-state index contributed by atoms with van der Waals surface area (Å²) in [5.41, 5.74) is 6.31. The number of nitrogen functional groups attached to an aromatic ring is 1. The molecule has 0 spiro atoms. The summed E-state index contributed by atoms with van der Waals surface area (Å²) in [5.74, 6) is 0. The molecule has 0 fully saturated rings. The van der Waals surface area contributed by atoms with Gasteiger partial charge >= 0.3 is 0 Å². The normalized spacial score (nSPS) is 11.4. The number of rotatable bonds is 3. The second-order valence-corrected chi connectivity index (χ2v) is 6.88. The Balaban J connectivity index is 2.21. The highest BCUT2D eigenvalue weighted by Gasteiger charge is 2.06. The molecule has 0 aliphatic rings. The first-order valence-corrected chi connectivity index (χ1v) is 7.85. The molecule has 4 nitrogen and oxygen atoms in total. The molecular formula is C12H12N2O2S2. The summed E-state index contributed by atoms with van der Waals surface area (Å²) in [6.07, 6.45) is 2.83. The quantitative estimate of drug-likeness (QED) is 0.933. The molecule has 0 saturated carbocycles. The van der Waals surface area contributed by atoms with Crippen molar-refractivity contribution in [1.82, 2.24) is 4.98 Å². The number of sulfone groups is 1. The van der Waals surface area contributed by atoms with E-state index in [1.807, 2.05) is 0 Å². The maximum atomic E-state index is 11.3. The van der Waals surface area contributed by atoms with Crippen molar-refractivity contribution < 1.29 is 8.42 Å². The van der Waals surface area contributed by atoms with Crippen LogP contribution in [0, 0.1) is 0 Å². The van der Waals surface area contributed by atoms with Crippen molar-refractivity contribution in [2.75, 3.05) is 12.0 Å². The zero-order valence-electron chi connectivity index (χ0n) is 9.70. The fourth-order valence-corrected chi connectivity index (χ4v) is 2.81. The van der Waals surface area contributed by atoms with Gasteiger partial charge in [0.2, 0.25) is 0 Å². The predicted octanol–water partition coefficient (Wildman–Crippen LogP) is 2.22. The first kappa shape index (κ1) is 12.9. The SMILES string of the molecule is CS(=O)(=O)c1ccc(Sc2cc(N)ccn2)cc1. The lowest BCUT2D eigenvalue weighted by Gasteiger charge is -2.03. The number of nitrogens with two attached hydrogens (primary N) is 1. The van der Waals surface area contributed by atoms with Crippen molar-refractivity contribution in [3.8, 4) is 0 Å². The molecule has 2 aromatic rings. The minimum absolute atomic E-state index is 0.312. The summed E-state index contributed by atoms with van der Waals surface area (Å²) < 4.78 is 22.6.